The van der Waals surface area contributed by atoms with Crippen LogP contribution in [0.5, 0.6) is 0 Å². The molecule has 0 aromatic heterocycles. The highest BCUT2D eigenvalue weighted by molar-refractivity contribution is 6.31. The lowest BCUT2D eigenvalue weighted by Crippen LogP contribution is -2.47. The Labute approximate surface area is 125 Å². The molecule has 5 heteroatoms. The van der Waals surface area contributed by atoms with Crippen molar-refractivity contribution in [1.29, 1.82) is 5.41 Å². The molecule has 2 fully saturated rings. The van der Waals surface area contributed by atoms with Crippen LogP contribution in [0.4, 0.5) is 5.69 Å². The Bertz CT molecular complexity index is 505. The Kier molecular flexibility index (Phi) is 3.85. The zero-order valence-electron chi connectivity index (χ0n) is 11.6. The number of hydrogen-bond donors (Lipinski definition) is 2. The summed E-state index contributed by atoms with van der Waals surface area (Å²) < 4.78 is 0. The lowest BCUT2D eigenvalue weighted by molar-refractivity contribution is 0.248. The number of nitrogens with two attached hydrogens (primary N) is 1. The zero-order valence-corrected chi connectivity index (χ0v) is 12.4. The van der Waals surface area contributed by atoms with E-state index >= 15 is 0 Å². The van der Waals surface area contributed by atoms with Crippen molar-refractivity contribution in [1.82, 2.24) is 4.90 Å². The average molecular weight is 293 g/mol. The van der Waals surface area contributed by atoms with Gasteiger partial charge in [-0.2, -0.15) is 0 Å². The van der Waals surface area contributed by atoms with E-state index in [1.165, 1.54) is 19.4 Å². The molecule has 1 saturated carbocycles. The van der Waals surface area contributed by atoms with Gasteiger partial charge in [0.2, 0.25) is 0 Å². The number of nitrogens with one attached hydrogen (secondary N) is 1. The van der Waals surface area contributed by atoms with Crippen molar-refractivity contribution in [2.75, 3.05) is 37.6 Å². The Hall–Kier alpha value is -1.26. The van der Waals surface area contributed by atoms with Crippen molar-refractivity contribution < 1.29 is 0 Å². The quantitative estimate of drug-likeness (QED) is 0.660. The Morgan fingerprint density at radius 3 is 2.55 bits per heavy atom. The zero-order chi connectivity index (χ0) is 14.1. The number of nitrogen functional groups attached to an aromatic ring is 1. The van der Waals surface area contributed by atoms with Gasteiger partial charge >= 0.3 is 0 Å². The molecule has 1 aromatic carbocycles. The van der Waals surface area contributed by atoms with Crippen LogP contribution in [0.3, 0.4) is 0 Å². The van der Waals surface area contributed by atoms with Gasteiger partial charge in [-0.15, -0.1) is 0 Å². The molecule has 3 N–H and O–H groups in total. The number of hydrogen-bond acceptors (Lipinski definition) is 3. The van der Waals surface area contributed by atoms with Gasteiger partial charge in [0.25, 0.3) is 0 Å². The summed E-state index contributed by atoms with van der Waals surface area (Å²) in [5.74, 6) is 1.05. The molecule has 2 aliphatic rings. The third-order valence-corrected chi connectivity index (χ3v) is 4.41. The van der Waals surface area contributed by atoms with Crippen LogP contribution in [0.15, 0.2) is 18.2 Å². The molecular weight excluding hydrogens is 272 g/mol. The third-order valence-electron chi connectivity index (χ3n) is 4.18. The minimum atomic E-state index is 0.108. The molecule has 0 bridgehead atoms. The summed E-state index contributed by atoms with van der Waals surface area (Å²) in [5.41, 5.74) is 7.45. The van der Waals surface area contributed by atoms with E-state index in [2.05, 4.69) is 9.80 Å². The highest BCUT2D eigenvalue weighted by atomic mass is 35.5. The standard InChI is InChI=1S/C15H21ClN4/c16-12-3-4-13(15(17)18)14(9-12)20-7-5-19(6-8-20)10-11-1-2-11/h3-4,9,11H,1-2,5-8,10H2,(H3,17,18). The van der Waals surface area contributed by atoms with Crippen LogP contribution in [0.25, 0.3) is 0 Å². The van der Waals surface area contributed by atoms with Gasteiger partial charge < -0.3 is 10.6 Å². The Morgan fingerprint density at radius 1 is 1.25 bits per heavy atom. The number of amidine groups is 1. The van der Waals surface area contributed by atoms with E-state index in [1.54, 1.807) is 6.07 Å². The second-order valence-corrected chi connectivity index (χ2v) is 6.24. The highest BCUT2D eigenvalue weighted by Crippen LogP contribution is 2.31. The molecule has 1 heterocycles. The van der Waals surface area contributed by atoms with Crippen molar-refractivity contribution in [3.8, 4) is 0 Å². The molecular formula is C15H21ClN4. The van der Waals surface area contributed by atoms with Crippen molar-refractivity contribution in [2.24, 2.45) is 11.7 Å². The third kappa shape index (κ3) is 3.07. The number of halogens is 1. The van der Waals surface area contributed by atoms with E-state index < -0.39 is 0 Å². The lowest BCUT2D eigenvalue weighted by atomic mass is 10.1. The van der Waals surface area contributed by atoms with Gasteiger partial charge in [-0.05, 0) is 37.0 Å². The summed E-state index contributed by atoms with van der Waals surface area (Å²) in [7, 11) is 0. The summed E-state index contributed by atoms with van der Waals surface area (Å²) in [6.07, 6.45) is 2.81. The summed E-state index contributed by atoms with van der Waals surface area (Å²) in [4.78, 5) is 4.85. The van der Waals surface area contributed by atoms with E-state index in [-0.39, 0.29) is 5.84 Å². The van der Waals surface area contributed by atoms with Crippen LogP contribution in [0.1, 0.15) is 18.4 Å². The fraction of sp³-hybridized carbons (Fsp3) is 0.533. The van der Waals surface area contributed by atoms with Crippen molar-refractivity contribution in [2.45, 2.75) is 12.8 Å². The van der Waals surface area contributed by atoms with Crippen molar-refractivity contribution in [3.05, 3.63) is 28.8 Å². The topological polar surface area (TPSA) is 56.4 Å². The molecule has 0 spiro atoms. The molecule has 1 aliphatic carbocycles. The predicted molar refractivity (Wildman–Crippen MR) is 83.8 cm³/mol. The average Bonchev–Trinajstić information content (AvgIpc) is 3.23. The molecule has 3 rings (SSSR count). The minimum Gasteiger partial charge on any atom is -0.384 e. The molecule has 20 heavy (non-hydrogen) atoms. The summed E-state index contributed by atoms with van der Waals surface area (Å²) in [6.45, 7) is 5.38. The molecule has 1 aromatic rings. The smallest absolute Gasteiger partial charge is 0.124 e. The number of piperazine rings is 1. The fourth-order valence-electron chi connectivity index (χ4n) is 2.83. The van der Waals surface area contributed by atoms with E-state index in [0.29, 0.717) is 5.02 Å². The lowest BCUT2D eigenvalue weighted by Gasteiger charge is -2.37. The maximum Gasteiger partial charge on any atom is 0.124 e. The largest absolute Gasteiger partial charge is 0.384 e. The maximum atomic E-state index is 7.70. The Morgan fingerprint density at radius 2 is 1.95 bits per heavy atom. The van der Waals surface area contributed by atoms with Crippen LogP contribution in [-0.2, 0) is 0 Å². The molecule has 108 valence electrons. The van der Waals surface area contributed by atoms with Crippen molar-refractivity contribution >= 4 is 23.1 Å². The van der Waals surface area contributed by atoms with Crippen LogP contribution < -0.4 is 10.6 Å². The van der Waals surface area contributed by atoms with Crippen LogP contribution in [-0.4, -0.2) is 43.5 Å². The van der Waals surface area contributed by atoms with Gasteiger partial charge in [-0.3, -0.25) is 10.3 Å². The number of rotatable bonds is 4. The van der Waals surface area contributed by atoms with Gasteiger partial charge in [-0.25, -0.2) is 0 Å². The molecule has 0 radical (unpaired) electrons. The monoisotopic (exact) mass is 292 g/mol. The van der Waals surface area contributed by atoms with E-state index in [0.717, 1.165) is 43.3 Å². The first-order valence-corrected chi connectivity index (χ1v) is 7.62. The molecule has 1 saturated heterocycles. The molecule has 0 atom stereocenters. The van der Waals surface area contributed by atoms with Crippen LogP contribution in [0.2, 0.25) is 5.02 Å². The van der Waals surface area contributed by atoms with Gasteiger partial charge in [0.1, 0.15) is 5.84 Å². The molecule has 0 amide bonds. The first-order valence-electron chi connectivity index (χ1n) is 7.25. The number of nitrogens with zero attached hydrogens (tertiary/aromatic N) is 2. The van der Waals surface area contributed by atoms with E-state index in [4.69, 9.17) is 22.7 Å². The SMILES string of the molecule is N=C(N)c1ccc(Cl)cc1N1CCN(CC2CC2)CC1. The number of benzene rings is 1. The first kappa shape index (κ1) is 13.7. The second kappa shape index (κ2) is 5.62. The van der Waals surface area contributed by atoms with Gasteiger partial charge in [0, 0.05) is 49.0 Å². The van der Waals surface area contributed by atoms with Crippen molar-refractivity contribution in [3.63, 3.8) is 0 Å². The van der Waals surface area contributed by atoms with E-state index in [9.17, 15) is 0 Å². The van der Waals surface area contributed by atoms with Gasteiger partial charge in [0.15, 0.2) is 0 Å². The summed E-state index contributed by atoms with van der Waals surface area (Å²) >= 11 is 6.10. The van der Waals surface area contributed by atoms with Crippen LogP contribution in [0, 0.1) is 11.3 Å². The van der Waals surface area contributed by atoms with Gasteiger partial charge in [0.05, 0.1) is 0 Å². The highest BCUT2D eigenvalue weighted by Gasteiger charge is 2.27. The summed E-state index contributed by atoms with van der Waals surface area (Å²) in [6, 6.07) is 5.57. The van der Waals surface area contributed by atoms with Gasteiger partial charge in [-0.1, -0.05) is 11.6 Å². The van der Waals surface area contributed by atoms with Crippen LogP contribution >= 0.6 is 11.6 Å². The summed E-state index contributed by atoms with van der Waals surface area (Å²) in [5, 5.41) is 8.40. The maximum absolute atomic E-state index is 7.70. The fourth-order valence-corrected chi connectivity index (χ4v) is 3.00. The molecule has 0 unspecified atom stereocenters. The Balaban J connectivity index is 1.70. The predicted octanol–water partition coefficient (Wildman–Crippen LogP) is 2.16. The normalized spacial score (nSPS) is 20.1. The molecule has 4 nitrogen and oxygen atoms in total. The second-order valence-electron chi connectivity index (χ2n) is 5.81. The minimum absolute atomic E-state index is 0.108. The van der Waals surface area contributed by atoms with E-state index in [1.807, 2.05) is 12.1 Å². The first-order chi connectivity index (χ1) is 9.63. The molecule has 1 aliphatic heterocycles. The number of anilines is 1.